The Balaban J connectivity index is 1.97. The Morgan fingerprint density at radius 3 is 3.00 bits per heavy atom. The van der Waals surface area contributed by atoms with Crippen LogP contribution in [0.15, 0.2) is 6.33 Å². The molecular formula is C13H24N4. The third-order valence-corrected chi connectivity index (χ3v) is 3.86. The molecule has 1 N–H and O–H groups in total. The molecule has 1 aliphatic carbocycles. The summed E-state index contributed by atoms with van der Waals surface area (Å²) >= 11 is 0. The molecule has 1 aromatic heterocycles. The normalized spacial score (nSPS) is 24.4. The summed E-state index contributed by atoms with van der Waals surface area (Å²) in [6.45, 7) is 4.33. The van der Waals surface area contributed by atoms with Gasteiger partial charge in [-0.1, -0.05) is 13.3 Å². The van der Waals surface area contributed by atoms with Gasteiger partial charge in [0.1, 0.15) is 12.2 Å². The molecule has 0 amide bonds. The minimum Gasteiger partial charge on any atom is -0.319 e. The molecule has 0 bridgehead atoms. The molecule has 2 rings (SSSR count). The van der Waals surface area contributed by atoms with Crippen LogP contribution < -0.4 is 5.32 Å². The van der Waals surface area contributed by atoms with Crippen LogP contribution in [0.2, 0.25) is 0 Å². The van der Waals surface area contributed by atoms with Crippen molar-refractivity contribution in [3.05, 3.63) is 12.2 Å². The molecule has 0 aromatic carbocycles. The highest BCUT2D eigenvalue weighted by atomic mass is 15.3. The lowest BCUT2D eigenvalue weighted by atomic mass is 9.92. The van der Waals surface area contributed by atoms with Crippen molar-refractivity contribution >= 4 is 0 Å². The first kappa shape index (κ1) is 12.6. The fourth-order valence-corrected chi connectivity index (χ4v) is 2.99. The third-order valence-electron chi connectivity index (χ3n) is 3.86. The Kier molecular flexibility index (Phi) is 4.54. The van der Waals surface area contributed by atoms with Crippen LogP contribution >= 0.6 is 0 Å². The Hall–Kier alpha value is -0.900. The number of nitrogens with one attached hydrogen (secondary N) is 1. The van der Waals surface area contributed by atoms with E-state index < -0.39 is 0 Å². The van der Waals surface area contributed by atoms with Crippen LogP contribution in [0.1, 0.15) is 38.4 Å². The molecular weight excluding hydrogens is 212 g/mol. The lowest BCUT2D eigenvalue weighted by Gasteiger charge is -2.18. The van der Waals surface area contributed by atoms with Gasteiger partial charge in [0.25, 0.3) is 0 Å². The van der Waals surface area contributed by atoms with Crippen molar-refractivity contribution in [3.63, 3.8) is 0 Å². The van der Waals surface area contributed by atoms with Gasteiger partial charge in [0.15, 0.2) is 0 Å². The van der Waals surface area contributed by atoms with Gasteiger partial charge in [0.05, 0.1) is 0 Å². The van der Waals surface area contributed by atoms with Crippen molar-refractivity contribution in [2.75, 3.05) is 13.6 Å². The summed E-state index contributed by atoms with van der Waals surface area (Å²) in [6.07, 6.45) is 8.03. The smallest absolute Gasteiger partial charge is 0.138 e. The van der Waals surface area contributed by atoms with E-state index in [4.69, 9.17) is 0 Å². The van der Waals surface area contributed by atoms with E-state index in [1.54, 1.807) is 6.33 Å². The van der Waals surface area contributed by atoms with Crippen LogP contribution in [0.5, 0.6) is 0 Å². The molecule has 17 heavy (non-hydrogen) atoms. The number of nitrogens with zero attached hydrogens (tertiary/aromatic N) is 3. The van der Waals surface area contributed by atoms with Crippen LogP contribution in [0.4, 0.5) is 0 Å². The molecule has 0 aliphatic heterocycles. The van der Waals surface area contributed by atoms with Crippen molar-refractivity contribution < 1.29 is 0 Å². The second-order valence-electron chi connectivity index (χ2n) is 5.11. The van der Waals surface area contributed by atoms with Crippen LogP contribution in [0.25, 0.3) is 0 Å². The van der Waals surface area contributed by atoms with E-state index in [-0.39, 0.29) is 0 Å². The third kappa shape index (κ3) is 3.06. The van der Waals surface area contributed by atoms with Crippen LogP contribution in [0, 0.1) is 11.8 Å². The van der Waals surface area contributed by atoms with Gasteiger partial charge in [0.2, 0.25) is 0 Å². The number of hydrogen-bond donors (Lipinski definition) is 1. The SMILES string of the molecule is CCCn1ncnc1CC1CCCC1CNC. The van der Waals surface area contributed by atoms with Crippen LogP contribution in [0.3, 0.4) is 0 Å². The van der Waals surface area contributed by atoms with Gasteiger partial charge in [0, 0.05) is 13.0 Å². The van der Waals surface area contributed by atoms with Crippen molar-refractivity contribution in [3.8, 4) is 0 Å². The maximum atomic E-state index is 4.42. The summed E-state index contributed by atoms with van der Waals surface area (Å²) < 4.78 is 2.08. The number of hydrogen-bond acceptors (Lipinski definition) is 3. The minimum atomic E-state index is 0.794. The van der Waals surface area contributed by atoms with E-state index in [0.29, 0.717) is 0 Å². The standard InChI is InChI=1S/C13H24N4/c1-3-7-17-13(15-10-16-17)8-11-5-4-6-12(11)9-14-2/h10-12,14H,3-9H2,1-2H3. The molecule has 1 heterocycles. The molecule has 2 atom stereocenters. The predicted octanol–water partition coefficient (Wildman–Crippen LogP) is 1.87. The topological polar surface area (TPSA) is 42.7 Å². The van der Waals surface area contributed by atoms with Gasteiger partial charge in [-0.2, -0.15) is 5.10 Å². The molecule has 96 valence electrons. The quantitative estimate of drug-likeness (QED) is 0.820. The first-order valence-corrected chi connectivity index (χ1v) is 6.86. The summed E-state index contributed by atoms with van der Waals surface area (Å²) in [4.78, 5) is 4.42. The summed E-state index contributed by atoms with van der Waals surface area (Å²) in [6, 6.07) is 0. The summed E-state index contributed by atoms with van der Waals surface area (Å²) in [5, 5.41) is 7.63. The lowest BCUT2D eigenvalue weighted by molar-refractivity contribution is 0.361. The molecule has 0 spiro atoms. The number of aryl methyl sites for hydroxylation is 1. The van der Waals surface area contributed by atoms with Crippen molar-refractivity contribution in [2.24, 2.45) is 11.8 Å². The second-order valence-corrected chi connectivity index (χ2v) is 5.11. The Bertz CT molecular complexity index is 334. The predicted molar refractivity (Wildman–Crippen MR) is 68.8 cm³/mol. The van der Waals surface area contributed by atoms with E-state index >= 15 is 0 Å². The van der Waals surface area contributed by atoms with Gasteiger partial charge in [-0.05, 0) is 44.7 Å². The van der Waals surface area contributed by atoms with Gasteiger partial charge >= 0.3 is 0 Å². The van der Waals surface area contributed by atoms with Crippen molar-refractivity contribution in [1.82, 2.24) is 20.1 Å². The molecule has 1 fully saturated rings. The first-order valence-electron chi connectivity index (χ1n) is 6.86. The molecule has 1 aliphatic rings. The zero-order chi connectivity index (χ0) is 12.1. The van der Waals surface area contributed by atoms with Crippen molar-refractivity contribution in [2.45, 2.75) is 45.6 Å². The molecule has 4 nitrogen and oxygen atoms in total. The highest BCUT2D eigenvalue weighted by molar-refractivity contribution is 4.91. The van der Waals surface area contributed by atoms with E-state index in [9.17, 15) is 0 Å². The Morgan fingerprint density at radius 1 is 1.41 bits per heavy atom. The number of rotatable bonds is 6. The van der Waals surface area contributed by atoms with Gasteiger partial charge in [-0.15, -0.1) is 0 Å². The molecule has 1 aromatic rings. The van der Waals surface area contributed by atoms with Gasteiger partial charge < -0.3 is 5.32 Å². The van der Waals surface area contributed by atoms with Gasteiger partial charge in [-0.3, -0.25) is 4.68 Å². The highest BCUT2D eigenvalue weighted by Gasteiger charge is 2.27. The van der Waals surface area contributed by atoms with E-state index in [2.05, 4.69) is 34.1 Å². The van der Waals surface area contributed by atoms with Crippen LogP contribution in [-0.2, 0) is 13.0 Å². The van der Waals surface area contributed by atoms with Crippen molar-refractivity contribution in [1.29, 1.82) is 0 Å². The first-order chi connectivity index (χ1) is 8.35. The van der Waals surface area contributed by atoms with E-state index in [1.165, 1.54) is 25.1 Å². The molecule has 1 saturated carbocycles. The monoisotopic (exact) mass is 236 g/mol. The highest BCUT2D eigenvalue weighted by Crippen LogP contribution is 2.33. The summed E-state index contributed by atoms with van der Waals surface area (Å²) in [5.41, 5.74) is 0. The maximum absolute atomic E-state index is 4.42. The lowest BCUT2D eigenvalue weighted by Crippen LogP contribution is -2.24. The van der Waals surface area contributed by atoms with E-state index in [0.717, 1.165) is 37.8 Å². The fourth-order valence-electron chi connectivity index (χ4n) is 2.99. The van der Waals surface area contributed by atoms with E-state index in [1.807, 2.05) is 0 Å². The summed E-state index contributed by atoms with van der Waals surface area (Å²) in [7, 11) is 2.05. The van der Waals surface area contributed by atoms with Gasteiger partial charge in [-0.25, -0.2) is 4.98 Å². The molecule has 0 saturated heterocycles. The Labute approximate surface area is 104 Å². The number of aromatic nitrogens is 3. The average Bonchev–Trinajstić information content (AvgIpc) is 2.92. The average molecular weight is 236 g/mol. The fraction of sp³-hybridized carbons (Fsp3) is 0.846. The Morgan fingerprint density at radius 2 is 2.24 bits per heavy atom. The maximum Gasteiger partial charge on any atom is 0.138 e. The largest absolute Gasteiger partial charge is 0.319 e. The minimum absolute atomic E-state index is 0.794. The molecule has 0 radical (unpaired) electrons. The zero-order valence-corrected chi connectivity index (χ0v) is 11.0. The molecule has 4 heteroatoms. The second kappa shape index (κ2) is 6.15. The zero-order valence-electron chi connectivity index (χ0n) is 11.0. The van der Waals surface area contributed by atoms with Crippen LogP contribution in [-0.4, -0.2) is 28.4 Å². The summed E-state index contributed by atoms with van der Waals surface area (Å²) in [5.74, 6) is 2.80. The molecule has 2 unspecified atom stereocenters.